The van der Waals surface area contributed by atoms with E-state index >= 15 is 0 Å². The van der Waals surface area contributed by atoms with Crippen molar-refractivity contribution in [2.75, 3.05) is 11.1 Å². The topological polar surface area (TPSA) is 111 Å². The van der Waals surface area contributed by atoms with Crippen LogP contribution in [-0.4, -0.2) is 26.6 Å². The zero-order valence-corrected chi connectivity index (χ0v) is 21.6. The van der Waals surface area contributed by atoms with Crippen LogP contribution in [0.5, 0.6) is 0 Å². The van der Waals surface area contributed by atoms with E-state index in [-0.39, 0.29) is 18.1 Å². The van der Waals surface area contributed by atoms with Crippen LogP contribution in [0.1, 0.15) is 37.7 Å². The van der Waals surface area contributed by atoms with Crippen molar-refractivity contribution in [2.24, 2.45) is 0 Å². The molecule has 192 valence electrons. The average molecular weight is 534 g/mol. The van der Waals surface area contributed by atoms with E-state index < -0.39 is 0 Å². The van der Waals surface area contributed by atoms with Crippen LogP contribution in [0.25, 0.3) is 11.3 Å². The summed E-state index contributed by atoms with van der Waals surface area (Å²) in [6.07, 6.45) is 5.79. The number of pyridine rings is 1. The zero-order chi connectivity index (χ0) is 27.2. The highest BCUT2D eigenvalue weighted by molar-refractivity contribution is 6.31. The van der Waals surface area contributed by atoms with Gasteiger partial charge in [0.25, 0.3) is 5.91 Å². The summed E-state index contributed by atoms with van der Waals surface area (Å²) in [5, 5.41) is 3.36. The molecule has 1 amide bonds. The molecule has 0 spiro atoms. The minimum Gasteiger partial charge on any atom is -0.397 e. The Morgan fingerprint density at radius 1 is 0.872 bits per heavy atom. The fourth-order valence-corrected chi connectivity index (χ4v) is 4.29. The maximum Gasteiger partial charge on any atom is 0.255 e. The summed E-state index contributed by atoms with van der Waals surface area (Å²) in [6, 6.07) is 24.8. The molecule has 0 aliphatic heterocycles. The number of para-hydroxylation sites is 2. The SMILES string of the molecule is Nc1ccccc1NC(=O)c1ccc(C(=O)Cc2ccc(Cl)c(Cc3nccc(-c4cccnc4)n3)c2)cc1. The number of nitrogen functional groups attached to an aromatic ring is 1. The number of halogens is 1. The average Bonchev–Trinajstić information content (AvgIpc) is 2.97. The molecular formula is C31H24ClN5O2. The van der Waals surface area contributed by atoms with Gasteiger partial charge in [0.15, 0.2) is 5.78 Å². The van der Waals surface area contributed by atoms with Crippen LogP contribution in [0, 0.1) is 0 Å². The first-order chi connectivity index (χ1) is 19.0. The van der Waals surface area contributed by atoms with E-state index in [2.05, 4.69) is 20.3 Å². The third-order valence-corrected chi connectivity index (χ3v) is 6.53. The Hall–Kier alpha value is -4.88. The molecule has 0 fully saturated rings. The lowest BCUT2D eigenvalue weighted by molar-refractivity contribution is 0.0989. The Bertz CT molecular complexity index is 1640. The Morgan fingerprint density at radius 2 is 1.67 bits per heavy atom. The van der Waals surface area contributed by atoms with Gasteiger partial charge in [0.05, 0.1) is 17.1 Å². The number of benzene rings is 3. The van der Waals surface area contributed by atoms with E-state index in [4.69, 9.17) is 17.3 Å². The number of nitrogens with two attached hydrogens (primary N) is 1. The van der Waals surface area contributed by atoms with Crippen LogP contribution >= 0.6 is 11.6 Å². The smallest absolute Gasteiger partial charge is 0.255 e. The van der Waals surface area contributed by atoms with E-state index in [1.54, 1.807) is 73.2 Å². The van der Waals surface area contributed by atoms with Crippen molar-refractivity contribution in [3.63, 3.8) is 0 Å². The van der Waals surface area contributed by atoms with Gasteiger partial charge in [-0.1, -0.05) is 48.0 Å². The predicted octanol–water partition coefficient (Wildman–Crippen LogP) is 6.04. The van der Waals surface area contributed by atoms with Crippen LogP contribution in [0.15, 0.2) is 104 Å². The van der Waals surface area contributed by atoms with E-state index in [1.165, 1.54) is 0 Å². The minimum atomic E-state index is -0.302. The normalized spacial score (nSPS) is 10.7. The standard InChI is InChI=1S/C31H24ClN5O2/c32-25-12-7-20(16-24(25)18-30-35-15-13-27(36-30)23-4-3-14-34-19-23)17-29(38)21-8-10-22(11-9-21)31(39)37-28-6-2-1-5-26(28)33/h1-16,19H,17-18,33H2,(H,37,39). The largest absolute Gasteiger partial charge is 0.397 e. The van der Waals surface area contributed by atoms with E-state index in [0.29, 0.717) is 39.8 Å². The number of rotatable bonds is 8. The number of amides is 1. The van der Waals surface area contributed by atoms with Gasteiger partial charge in [0.1, 0.15) is 5.82 Å². The Labute approximate surface area is 230 Å². The first-order valence-corrected chi connectivity index (χ1v) is 12.6. The molecule has 0 saturated carbocycles. The minimum absolute atomic E-state index is 0.0719. The van der Waals surface area contributed by atoms with E-state index in [1.807, 2.05) is 30.3 Å². The summed E-state index contributed by atoms with van der Waals surface area (Å²) < 4.78 is 0. The second-order valence-corrected chi connectivity index (χ2v) is 9.33. The highest BCUT2D eigenvalue weighted by atomic mass is 35.5. The van der Waals surface area contributed by atoms with Gasteiger partial charge in [-0.15, -0.1) is 0 Å². The molecule has 0 saturated heterocycles. The Kier molecular flexibility index (Phi) is 7.70. The summed E-state index contributed by atoms with van der Waals surface area (Å²) >= 11 is 6.48. The Balaban J connectivity index is 1.26. The number of anilines is 2. The van der Waals surface area contributed by atoms with Gasteiger partial charge < -0.3 is 11.1 Å². The van der Waals surface area contributed by atoms with Gasteiger partial charge in [-0.05, 0) is 59.7 Å². The number of carbonyl (C=O) groups excluding carboxylic acids is 2. The van der Waals surface area contributed by atoms with E-state index in [9.17, 15) is 9.59 Å². The number of nitrogens with one attached hydrogen (secondary N) is 1. The number of carbonyl (C=O) groups is 2. The second kappa shape index (κ2) is 11.7. The molecule has 5 aromatic rings. The van der Waals surface area contributed by atoms with E-state index in [0.717, 1.165) is 22.4 Å². The lowest BCUT2D eigenvalue weighted by atomic mass is 9.99. The summed E-state index contributed by atoms with van der Waals surface area (Å²) in [6.45, 7) is 0. The van der Waals surface area contributed by atoms with Crippen LogP contribution in [-0.2, 0) is 12.8 Å². The number of aromatic nitrogens is 3. The van der Waals surface area contributed by atoms with Crippen molar-refractivity contribution in [3.05, 3.63) is 137 Å². The summed E-state index contributed by atoms with van der Waals surface area (Å²) in [7, 11) is 0. The molecule has 3 N–H and O–H groups in total. The van der Waals surface area contributed by atoms with Gasteiger partial charge >= 0.3 is 0 Å². The van der Waals surface area contributed by atoms with Crippen molar-refractivity contribution in [3.8, 4) is 11.3 Å². The molecule has 3 aromatic carbocycles. The second-order valence-electron chi connectivity index (χ2n) is 8.92. The predicted molar refractivity (Wildman–Crippen MR) is 153 cm³/mol. The lowest BCUT2D eigenvalue weighted by Gasteiger charge is -2.09. The van der Waals surface area contributed by atoms with Crippen molar-refractivity contribution in [1.29, 1.82) is 0 Å². The lowest BCUT2D eigenvalue weighted by Crippen LogP contribution is -2.13. The van der Waals surface area contributed by atoms with Crippen molar-refractivity contribution >= 4 is 34.7 Å². The highest BCUT2D eigenvalue weighted by Crippen LogP contribution is 2.23. The van der Waals surface area contributed by atoms with Gasteiger partial charge in [-0.25, -0.2) is 9.97 Å². The quantitative estimate of drug-likeness (QED) is 0.186. The number of hydrogen-bond acceptors (Lipinski definition) is 6. The molecule has 0 aliphatic rings. The molecule has 0 unspecified atom stereocenters. The van der Waals surface area contributed by atoms with Crippen molar-refractivity contribution in [1.82, 2.24) is 15.0 Å². The third kappa shape index (κ3) is 6.34. The van der Waals surface area contributed by atoms with Crippen molar-refractivity contribution in [2.45, 2.75) is 12.8 Å². The number of nitrogens with zero attached hydrogens (tertiary/aromatic N) is 3. The number of Topliss-reactive ketones (excluding diaryl/α,β-unsaturated/α-hetero) is 1. The Morgan fingerprint density at radius 3 is 2.44 bits per heavy atom. The molecule has 5 rings (SSSR count). The number of hydrogen-bond donors (Lipinski definition) is 2. The molecule has 7 nitrogen and oxygen atoms in total. The summed E-state index contributed by atoms with van der Waals surface area (Å²) in [5.41, 5.74) is 11.2. The monoisotopic (exact) mass is 533 g/mol. The van der Waals surface area contributed by atoms with Gasteiger partial charge in [-0.3, -0.25) is 14.6 Å². The van der Waals surface area contributed by atoms with Gasteiger partial charge in [0.2, 0.25) is 0 Å². The maximum absolute atomic E-state index is 13.0. The molecule has 39 heavy (non-hydrogen) atoms. The third-order valence-electron chi connectivity index (χ3n) is 6.16. The van der Waals surface area contributed by atoms with Crippen LogP contribution in [0.2, 0.25) is 5.02 Å². The van der Waals surface area contributed by atoms with Gasteiger partial charge in [0, 0.05) is 53.1 Å². The molecule has 0 aliphatic carbocycles. The molecule has 0 atom stereocenters. The maximum atomic E-state index is 13.0. The molecule has 0 radical (unpaired) electrons. The fraction of sp³-hybridized carbons (Fsp3) is 0.0645. The molecule has 8 heteroatoms. The van der Waals surface area contributed by atoms with Crippen molar-refractivity contribution < 1.29 is 9.59 Å². The highest BCUT2D eigenvalue weighted by Gasteiger charge is 2.13. The van der Waals surface area contributed by atoms with Gasteiger partial charge in [-0.2, -0.15) is 0 Å². The first-order valence-electron chi connectivity index (χ1n) is 12.2. The zero-order valence-electron chi connectivity index (χ0n) is 20.8. The molecule has 2 heterocycles. The van der Waals surface area contributed by atoms with Crippen LogP contribution in [0.4, 0.5) is 11.4 Å². The molecule has 2 aromatic heterocycles. The fourth-order valence-electron chi connectivity index (χ4n) is 4.10. The molecular weight excluding hydrogens is 510 g/mol. The first kappa shape index (κ1) is 25.8. The summed E-state index contributed by atoms with van der Waals surface area (Å²) in [4.78, 5) is 38.8. The van der Waals surface area contributed by atoms with Crippen LogP contribution < -0.4 is 11.1 Å². The van der Waals surface area contributed by atoms with Crippen LogP contribution in [0.3, 0.4) is 0 Å². The summed E-state index contributed by atoms with van der Waals surface area (Å²) in [5.74, 6) is 0.245. The number of ketones is 1. The molecule has 0 bridgehead atoms.